The Morgan fingerprint density at radius 3 is 2.07 bits per heavy atom. The SMILES string of the molecule is O=C(/C=C/c1ccc(-n2nc(-c3ccccc3)cc2-c2ccccc2)cc1)c1ccc(NC(=O)c2ccco2)cc1. The maximum atomic E-state index is 12.8. The molecule has 6 aromatic rings. The Morgan fingerprint density at radius 1 is 0.732 bits per heavy atom. The van der Waals surface area contributed by atoms with Gasteiger partial charge in [0.25, 0.3) is 5.91 Å². The van der Waals surface area contributed by atoms with E-state index in [1.807, 2.05) is 65.3 Å². The molecule has 0 saturated carbocycles. The number of allylic oxidation sites excluding steroid dienone is 1. The summed E-state index contributed by atoms with van der Waals surface area (Å²) in [5, 5.41) is 7.67. The zero-order valence-electron chi connectivity index (χ0n) is 22.0. The van der Waals surface area contributed by atoms with Crippen LogP contribution in [-0.4, -0.2) is 21.5 Å². The lowest BCUT2D eigenvalue weighted by atomic mass is 10.1. The van der Waals surface area contributed by atoms with Crippen LogP contribution in [0.25, 0.3) is 34.3 Å². The summed E-state index contributed by atoms with van der Waals surface area (Å²) in [6.45, 7) is 0. The number of benzene rings is 4. The van der Waals surface area contributed by atoms with Crippen LogP contribution in [0.1, 0.15) is 26.5 Å². The molecule has 1 amide bonds. The second-order valence-corrected chi connectivity index (χ2v) is 9.36. The maximum Gasteiger partial charge on any atom is 0.291 e. The summed E-state index contributed by atoms with van der Waals surface area (Å²) in [6, 6.07) is 40.3. The first-order valence-corrected chi connectivity index (χ1v) is 13.1. The fraction of sp³-hybridized carbons (Fsp3) is 0. The molecule has 0 bridgehead atoms. The molecule has 1 N–H and O–H groups in total. The standard InChI is InChI=1S/C35H25N3O3/c39-33(28-16-18-29(19-17-28)36-35(40)34-12-7-23-41-34)22-15-25-13-20-30(21-14-25)38-32(27-10-5-2-6-11-27)24-31(37-38)26-8-3-1-4-9-26/h1-24H,(H,36,40)/b22-15+. The molecule has 6 nitrogen and oxygen atoms in total. The van der Waals surface area contributed by atoms with Crippen LogP contribution in [0.4, 0.5) is 5.69 Å². The highest BCUT2D eigenvalue weighted by atomic mass is 16.3. The van der Waals surface area contributed by atoms with Crippen molar-refractivity contribution in [2.75, 3.05) is 5.32 Å². The molecule has 2 heterocycles. The average Bonchev–Trinajstić information content (AvgIpc) is 3.73. The Morgan fingerprint density at radius 2 is 1.41 bits per heavy atom. The topological polar surface area (TPSA) is 77.1 Å². The molecule has 2 aromatic heterocycles. The third kappa shape index (κ3) is 5.82. The Kier molecular flexibility index (Phi) is 7.19. The normalized spacial score (nSPS) is 11.0. The van der Waals surface area contributed by atoms with Crippen molar-refractivity contribution in [3.8, 4) is 28.2 Å². The minimum atomic E-state index is -0.347. The zero-order chi connectivity index (χ0) is 28.0. The van der Waals surface area contributed by atoms with E-state index < -0.39 is 0 Å². The van der Waals surface area contributed by atoms with Crippen molar-refractivity contribution < 1.29 is 14.0 Å². The Bertz CT molecular complexity index is 1800. The number of ketones is 1. The summed E-state index contributed by atoms with van der Waals surface area (Å²) in [5.74, 6) is -0.261. The Labute approximate surface area is 237 Å². The monoisotopic (exact) mass is 535 g/mol. The Balaban J connectivity index is 1.18. The number of hydrogen-bond donors (Lipinski definition) is 1. The molecular weight excluding hydrogens is 510 g/mol. The molecule has 0 fully saturated rings. The van der Waals surface area contributed by atoms with Gasteiger partial charge in [-0.15, -0.1) is 0 Å². The van der Waals surface area contributed by atoms with Crippen LogP contribution in [0, 0.1) is 0 Å². The number of carbonyl (C=O) groups is 2. The van der Waals surface area contributed by atoms with E-state index in [2.05, 4.69) is 35.6 Å². The second kappa shape index (κ2) is 11.6. The molecule has 0 radical (unpaired) electrons. The third-order valence-electron chi connectivity index (χ3n) is 6.59. The second-order valence-electron chi connectivity index (χ2n) is 9.36. The van der Waals surface area contributed by atoms with Crippen LogP contribution in [0.15, 0.2) is 144 Å². The van der Waals surface area contributed by atoms with Crippen LogP contribution in [0.3, 0.4) is 0 Å². The molecule has 6 rings (SSSR count). The summed E-state index contributed by atoms with van der Waals surface area (Å²) in [6.07, 6.45) is 4.77. The van der Waals surface area contributed by atoms with Gasteiger partial charge in [-0.3, -0.25) is 9.59 Å². The van der Waals surface area contributed by atoms with Crippen molar-refractivity contribution in [1.29, 1.82) is 0 Å². The lowest BCUT2D eigenvalue weighted by Crippen LogP contribution is -2.10. The van der Waals surface area contributed by atoms with E-state index in [0.717, 1.165) is 33.8 Å². The average molecular weight is 536 g/mol. The van der Waals surface area contributed by atoms with Crippen LogP contribution in [0.5, 0.6) is 0 Å². The van der Waals surface area contributed by atoms with Gasteiger partial charge in [0.05, 0.1) is 23.3 Å². The van der Waals surface area contributed by atoms with Crippen molar-refractivity contribution in [3.05, 3.63) is 157 Å². The summed E-state index contributed by atoms with van der Waals surface area (Å²) >= 11 is 0. The summed E-state index contributed by atoms with van der Waals surface area (Å²) in [4.78, 5) is 24.9. The van der Waals surface area contributed by atoms with E-state index in [-0.39, 0.29) is 17.5 Å². The van der Waals surface area contributed by atoms with Gasteiger partial charge in [0.2, 0.25) is 0 Å². The van der Waals surface area contributed by atoms with Gasteiger partial charge in [-0.05, 0) is 66.2 Å². The number of anilines is 1. The van der Waals surface area contributed by atoms with Gasteiger partial charge < -0.3 is 9.73 Å². The van der Waals surface area contributed by atoms with Gasteiger partial charge >= 0.3 is 0 Å². The number of aromatic nitrogens is 2. The van der Waals surface area contributed by atoms with E-state index in [4.69, 9.17) is 9.52 Å². The van der Waals surface area contributed by atoms with Crippen molar-refractivity contribution in [2.45, 2.75) is 0 Å². The molecule has 0 aliphatic carbocycles. The number of rotatable bonds is 8. The summed E-state index contributed by atoms with van der Waals surface area (Å²) in [5.41, 5.74) is 6.91. The van der Waals surface area contributed by atoms with Gasteiger partial charge in [-0.25, -0.2) is 4.68 Å². The number of carbonyl (C=O) groups excluding carboxylic acids is 2. The molecule has 0 aliphatic rings. The van der Waals surface area contributed by atoms with Gasteiger partial charge in [0.1, 0.15) is 0 Å². The van der Waals surface area contributed by atoms with Crippen molar-refractivity contribution >= 4 is 23.5 Å². The van der Waals surface area contributed by atoms with Gasteiger partial charge in [-0.2, -0.15) is 5.10 Å². The van der Waals surface area contributed by atoms with Crippen LogP contribution >= 0.6 is 0 Å². The Hall–Kier alpha value is -5.75. The minimum absolute atomic E-state index is 0.135. The van der Waals surface area contributed by atoms with Crippen molar-refractivity contribution in [2.24, 2.45) is 0 Å². The third-order valence-corrected chi connectivity index (χ3v) is 6.59. The number of nitrogens with zero attached hydrogens (tertiary/aromatic N) is 2. The van der Waals surface area contributed by atoms with Gasteiger partial charge in [0.15, 0.2) is 11.5 Å². The number of hydrogen-bond acceptors (Lipinski definition) is 4. The van der Waals surface area contributed by atoms with Crippen LogP contribution in [-0.2, 0) is 0 Å². The number of amides is 1. The lowest BCUT2D eigenvalue weighted by Gasteiger charge is -2.08. The predicted molar refractivity (Wildman–Crippen MR) is 161 cm³/mol. The first kappa shape index (κ1) is 25.5. The quantitative estimate of drug-likeness (QED) is 0.158. The van der Waals surface area contributed by atoms with E-state index in [1.165, 1.54) is 6.26 Å². The first-order valence-electron chi connectivity index (χ1n) is 13.1. The fourth-order valence-corrected chi connectivity index (χ4v) is 4.46. The highest BCUT2D eigenvalue weighted by Gasteiger charge is 2.13. The first-order chi connectivity index (χ1) is 20.1. The molecule has 0 spiro atoms. The molecule has 0 saturated heterocycles. The predicted octanol–water partition coefficient (Wildman–Crippen LogP) is 7.95. The zero-order valence-corrected chi connectivity index (χ0v) is 22.0. The molecule has 4 aromatic carbocycles. The van der Waals surface area contributed by atoms with E-state index in [1.54, 1.807) is 48.6 Å². The highest BCUT2D eigenvalue weighted by molar-refractivity contribution is 6.07. The van der Waals surface area contributed by atoms with E-state index in [0.29, 0.717) is 11.3 Å². The molecule has 6 heteroatoms. The molecule has 0 unspecified atom stereocenters. The molecule has 41 heavy (non-hydrogen) atoms. The van der Waals surface area contributed by atoms with Crippen molar-refractivity contribution in [3.63, 3.8) is 0 Å². The summed E-state index contributed by atoms with van der Waals surface area (Å²) in [7, 11) is 0. The number of furan rings is 1. The van der Waals surface area contributed by atoms with Crippen molar-refractivity contribution in [1.82, 2.24) is 9.78 Å². The van der Waals surface area contributed by atoms with E-state index in [9.17, 15) is 9.59 Å². The van der Waals surface area contributed by atoms with Gasteiger partial charge in [0, 0.05) is 22.4 Å². The molecule has 198 valence electrons. The molecule has 0 atom stereocenters. The highest BCUT2D eigenvalue weighted by Crippen LogP contribution is 2.29. The van der Waals surface area contributed by atoms with Crippen LogP contribution in [0.2, 0.25) is 0 Å². The van der Waals surface area contributed by atoms with Gasteiger partial charge in [-0.1, -0.05) is 78.9 Å². The number of nitrogens with one attached hydrogen (secondary N) is 1. The van der Waals surface area contributed by atoms with Crippen LogP contribution < -0.4 is 5.32 Å². The largest absolute Gasteiger partial charge is 0.459 e. The minimum Gasteiger partial charge on any atom is -0.459 e. The maximum absolute atomic E-state index is 12.8. The molecule has 0 aliphatic heterocycles. The smallest absolute Gasteiger partial charge is 0.291 e. The summed E-state index contributed by atoms with van der Waals surface area (Å²) < 4.78 is 7.05. The fourth-order valence-electron chi connectivity index (χ4n) is 4.46. The van der Waals surface area contributed by atoms with E-state index >= 15 is 0 Å². The molecular formula is C35H25N3O3. The lowest BCUT2D eigenvalue weighted by molar-refractivity contribution is 0.0996.